The van der Waals surface area contributed by atoms with Crippen LogP contribution in [0.4, 0.5) is 13.2 Å². The summed E-state index contributed by atoms with van der Waals surface area (Å²) in [5.41, 5.74) is 1.35. The van der Waals surface area contributed by atoms with Crippen molar-refractivity contribution >= 4 is 10.9 Å². The lowest BCUT2D eigenvalue weighted by Gasteiger charge is -2.12. The van der Waals surface area contributed by atoms with E-state index in [4.69, 9.17) is 0 Å². The zero-order chi connectivity index (χ0) is 17.0. The molecule has 0 amide bonds. The third-order valence-corrected chi connectivity index (χ3v) is 3.84. The highest BCUT2D eigenvalue weighted by molar-refractivity contribution is 5.82. The number of nitrogens with one attached hydrogen (secondary N) is 1. The fourth-order valence-corrected chi connectivity index (χ4v) is 2.65. The van der Waals surface area contributed by atoms with Crippen molar-refractivity contribution in [3.63, 3.8) is 0 Å². The third kappa shape index (κ3) is 3.92. The van der Waals surface area contributed by atoms with Gasteiger partial charge in [-0.2, -0.15) is 13.2 Å². The first-order chi connectivity index (χ1) is 11.5. The Hall–Kier alpha value is -2.40. The van der Waals surface area contributed by atoms with E-state index in [-0.39, 0.29) is 0 Å². The van der Waals surface area contributed by atoms with Gasteiger partial charge in [0, 0.05) is 11.9 Å². The molecule has 2 aromatic carbocycles. The van der Waals surface area contributed by atoms with E-state index in [0.717, 1.165) is 17.0 Å². The highest BCUT2D eigenvalue weighted by Gasteiger charge is 2.33. The van der Waals surface area contributed by atoms with Crippen LogP contribution in [0, 0.1) is 0 Å². The molecule has 5 heteroatoms. The topological polar surface area (TPSA) is 24.9 Å². The number of fused-ring (bicyclic) bond motifs is 1. The summed E-state index contributed by atoms with van der Waals surface area (Å²) in [6, 6.07) is 18.0. The summed E-state index contributed by atoms with van der Waals surface area (Å²) in [5, 5.41) is 4.04. The summed E-state index contributed by atoms with van der Waals surface area (Å²) in [6.45, 7) is 1.29. The van der Waals surface area contributed by atoms with Gasteiger partial charge in [-0.05, 0) is 36.2 Å². The largest absolute Gasteiger partial charge is 0.433 e. The predicted octanol–water partition coefficient (Wildman–Crippen LogP) is 4.59. The van der Waals surface area contributed by atoms with Crippen molar-refractivity contribution in [1.82, 2.24) is 10.3 Å². The van der Waals surface area contributed by atoms with Crippen molar-refractivity contribution in [2.45, 2.75) is 19.1 Å². The van der Waals surface area contributed by atoms with Gasteiger partial charge in [0.15, 0.2) is 0 Å². The van der Waals surface area contributed by atoms with Crippen molar-refractivity contribution < 1.29 is 13.2 Å². The van der Waals surface area contributed by atoms with Crippen molar-refractivity contribution in [1.29, 1.82) is 0 Å². The first-order valence-corrected chi connectivity index (χ1v) is 7.74. The van der Waals surface area contributed by atoms with Gasteiger partial charge in [0.1, 0.15) is 5.69 Å². The minimum Gasteiger partial charge on any atom is -0.312 e. The van der Waals surface area contributed by atoms with E-state index >= 15 is 0 Å². The van der Waals surface area contributed by atoms with Crippen molar-refractivity contribution in [2.24, 2.45) is 0 Å². The lowest BCUT2D eigenvalue weighted by Crippen LogP contribution is -2.17. The van der Waals surface area contributed by atoms with E-state index < -0.39 is 11.9 Å². The summed E-state index contributed by atoms with van der Waals surface area (Å²) >= 11 is 0. The zero-order valence-electron chi connectivity index (χ0n) is 13.0. The van der Waals surface area contributed by atoms with Gasteiger partial charge in [-0.25, -0.2) is 4.98 Å². The average Bonchev–Trinajstić information content (AvgIpc) is 2.58. The average molecular weight is 330 g/mol. The van der Waals surface area contributed by atoms with Crippen LogP contribution in [0.1, 0.15) is 16.8 Å². The maximum absolute atomic E-state index is 13.0. The number of para-hydroxylation sites is 1. The number of nitrogens with zero attached hydrogens (tertiary/aromatic N) is 1. The molecular formula is C19H17F3N2. The van der Waals surface area contributed by atoms with Crippen LogP contribution in [0.5, 0.6) is 0 Å². The van der Waals surface area contributed by atoms with Crippen LogP contribution in [0.25, 0.3) is 10.9 Å². The standard InChI is InChI=1S/C19H17F3N2/c20-19(21,22)18-12-15(16-8-4-5-9-17(16)24-18)10-11-23-13-14-6-2-1-3-7-14/h1-9,12,23H,10-11,13H2. The number of pyridine rings is 1. The highest BCUT2D eigenvalue weighted by Crippen LogP contribution is 2.31. The van der Waals surface area contributed by atoms with Gasteiger partial charge in [0.2, 0.25) is 0 Å². The molecule has 1 heterocycles. The molecular weight excluding hydrogens is 313 g/mol. The molecule has 0 unspecified atom stereocenters. The van der Waals surface area contributed by atoms with E-state index in [1.165, 1.54) is 0 Å². The Morgan fingerprint density at radius 2 is 1.62 bits per heavy atom. The molecule has 0 radical (unpaired) electrons. The van der Waals surface area contributed by atoms with E-state index in [2.05, 4.69) is 10.3 Å². The van der Waals surface area contributed by atoms with Crippen molar-refractivity contribution in [2.75, 3.05) is 6.54 Å². The lowest BCUT2D eigenvalue weighted by atomic mass is 10.0. The number of benzene rings is 2. The Balaban J connectivity index is 1.75. The molecule has 24 heavy (non-hydrogen) atoms. The second-order valence-corrected chi connectivity index (χ2v) is 5.59. The number of hydrogen-bond donors (Lipinski definition) is 1. The fourth-order valence-electron chi connectivity index (χ4n) is 2.65. The Bertz CT molecular complexity index is 814. The van der Waals surface area contributed by atoms with Gasteiger partial charge in [-0.3, -0.25) is 0 Å². The van der Waals surface area contributed by atoms with Crippen LogP contribution in [-0.4, -0.2) is 11.5 Å². The van der Waals surface area contributed by atoms with Gasteiger partial charge in [0.05, 0.1) is 5.52 Å². The van der Waals surface area contributed by atoms with Crippen LogP contribution in [0.2, 0.25) is 0 Å². The van der Waals surface area contributed by atoms with Gasteiger partial charge in [0.25, 0.3) is 0 Å². The second-order valence-electron chi connectivity index (χ2n) is 5.59. The van der Waals surface area contributed by atoms with Gasteiger partial charge >= 0.3 is 6.18 Å². The third-order valence-electron chi connectivity index (χ3n) is 3.84. The summed E-state index contributed by atoms with van der Waals surface area (Å²) in [7, 11) is 0. The van der Waals surface area contributed by atoms with E-state index in [1.807, 2.05) is 42.5 Å². The molecule has 0 saturated heterocycles. The molecule has 0 aliphatic heterocycles. The first-order valence-electron chi connectivity index (χ1n) is 7.74. The van der Waals surface area contributed by atoms with E-state index in [1.54, 1.807) is 12.1 Å². The Morgan fingerprint density at radius 1 is 0.917 bits per heavy atom. The number of alkyl halides is 3. The van der Waals surface area contributed by atoms with Crippen molar-refractivity contribution in [3.8, 4) is 0 Å². The molecule has 3 aromatic rings. The molecule has 0 saturated carbocycles. The molecule has 1 aromatic heterocycles. The van der Waals surface area contributed by atoms with Crippen LogP contribution >= 0.6 is 0 Å². The Morgan fingerprint density at radius 3 is 2.38 bits per heavy atom. The molecule has 0 bridgehead atoms. The zero-order valence-corrected chi connectivity index (χ0v) is 13.0. The second kappa shape index (κ2) is 7.01. The minimum absolute atomic E-state index is 0.380. The normalized spacial score (nSPS) is 11.8. The minimum atomic E-state index is -4.43. The summed E-state index contributed by atoms with van der Waals surface area (Å²) in [6.07, 6.45) is -3.92. The summed E-state index contributed by atoms with van der Waals surface area (Å²) in [4.78, 5) is 3.74. The Kier molecular flexibility index (Phi) is 4.81. The maximum atomic E-state index is 13.0. The molecule has 0 fully saturated rings. The lowest BCUT2D eigenvalue weighted by molar-refractivity contribution is -0.141. The molecule has 124 valence electrons. The quantitative estimate of drug-likeness (QED) is 0.692. The molecule has 0 aliphatic carbocycles. The summed E-state index contributed by atoms with van der Waals surface area (Å²) in [5.74, 6) is 0. The fraction of sp³-hybridized carbons (Fsp3) is 0.211. The first kappa shape index (κ1) is 16.5. The number of aromatic nitrogens is 1. The van der Waals surface area contributed by atoms with E-state index in [0.29, 0.717) is 30.6 Å². The van der Waals surface area contributed by atoms with Gasteiger partial charge in [-0.15, -0.1) is 0 Å². The molecule has 0 atom stereocenters. The number of rotatable bonds is 5. The Labute approximate surface area is 138 Å². The van der Waals surface area contributed by atoms with Gasteiger partial charge in [-0.1, -0.05) is 48.5 Å². The molecule has 0 spiro atoms. The van der Waals surface area contributed by atoms with Gasteiger partial charge < -0.3 is 5.32 Å². The van der Waals surface area contributed by atoms with Crippen molar-refractivity contribution in [3.05, 3.63) is 77.5 Å². The molecule has 3 rings (SSSR count). The summed E-state index contributed by atoms with van der Waals surface area (Å²) < 4.78 is 39.1. The monoisotopic (exact) mass is 330 g/mol. The molecule has 0 aliphatic rings. The highest BCUT2D eigenvalue weighted by atomic mass is 19.4. The molecule has 1 N–H and O–H groups in total. The smallest absolute Gasteiger partial charge is 0.312 e. The molecule has 2 nitrogen and oxygen atoms in total. The van der Waals surface area contributed by atoms with E-state index in [9.17, 15) is 13.2 Å². The van der Waals surface area contributed by atoms with Crippen LogP contribution in [0.15, 0.2) is 60.7 Å². The van der Waals surface area contributed by atoms with Crippen LogP contribution in [-0.2, 0) is 19.1 Å². The van der Waals surface area contributed by atoms with Crippen LogP contribution in [0.3, 0.4) is 0 Å². The van der Waals surface area contributed by atoms with Crippen LogP contribution < -0.4 is 5.32 Å². The number of hydrogen-bond acceptors (Lipinski definition) is 2. The predicted molar refractivity (Wildman–Crippen MR) is 88.6 cm³/mol. The SMILES string of the molecule is FC(F)(F)c1cc(CCNCc2ccccc2)c2ccccc2n1. The maximum Gasteiger partial charge on any atom is 0.433 e. The number of halogens is 3.